The van der Waals surface area contributed by atoms with Gasteiger partial charge in [0.05, 0.1) is 12.7 Å². The van der Waals surface area contributed by atoms with Gasteiger partial charge in [0, 0.05) is 17.3 Å². The lowest BCUT2D eigenvalue weighted by Gasteiger charge is -2.30. The van der Waals surface area contributed by atoms with E-state index in [0.29, 0.717) is 6.10 Å². The summed E-state index contributed by atoms with van der Waals surface area (Å²) in [6, 6.07) is 7.80. The molecule has 0 aliphatic heterocycles. The van der Waals surface area contributed by atoms with Crippen LogP contribution in [0.25, 0.3) is 0 Å². The number of hydrogen-bond acceptors (Lipinski definition) is 2. The Bertz CT molecular complexity index is 366. The van der Waals surface area contributed by atoms with Gasteiger partial charge < -0.3 is 10.1 Å². The highest BCUT2D eigenvalue weighted by Gasteiger charge is 2.23. The number of hydrogen-bond donors (Lipinski definition) is 1. The third kappa shape index (κ3) is 4.70. The second-order valence-corrected chi connectivity index (χ2v) is 5.73. The third-order valence-electron chi connectivity index (χ3n) is 3.97. The number of anilines is 1. The Morgan fingerprint density at radius 2 is 1.95 bits per heavy atom. The van der Waals surface area contributed by atoms with Gasteiger partial charge in [0.15, 0.2) is 0 Å². The summed E-state index contributed by atoms with van der Waals surface area (Å²) in [4.78, 5) is 0. The topological polar surface area (TPSA) is 21.3 Å². The fourth-order valence-corrected chi connectivity index (χ4v) is 2.96. The molecule has 0 radical (unpaired) electrons. The molecule has 106 valence electrons. The number of rotatable bonds is 6. The van der Waals surface area contributed by atoms with Crippen molar-refractivity contribution in [3.63, 3.8) is 0 Å². The molecule has 2 atom stereocenters. The van der Waals surface area contributed by atoms with E-state index in [2.05, 4.69) is 12.2 Å². The molecule has 0 bridgehead atoms. The first-order chi connectivity index (χ1) is 9.29. The average molecular weight is 282 g/mol. The smallest absolute Gasteiger partial charge is 0.0642 e. The first kappa shape index (κ1) is 14.7. The first-order valence-corrected chi connectivity index (χ1v) is 7.78. The second-order valence-electron chi connectivity index (χ2n) is 5.30. The fourth-order valence-electron chi connectivity index (χ4n) is 2.83. The van der Waals surface area contributed by atoms with E-state index >= 15 is 0 Å². The number of benzene rings is 1. The van der Waals surface area contributed by atoms with Gasteiger partial charge in [-0.25, -0.2) is 0 Å². The van der Waals surface area contributed by atoms with Gasteiger partial charge in [0.25, 0.3) is 0 Å². The maximum absolute atomic E-state index is 6.04. The van der Waals surface area contributed by atoms with E-state index in [4.69, 9.17) is 16.3 Å². The van der Waals surface area contributed by atoms with E-state index in [1.54, 1.807) is 0 Å². The highest BCUT2D eigenvalue weighted by atomic mass is 35.5. The van der Waals surface area contributed by atoms with Crippen molar-refractivity contribution in [2.45, 2.75) is 45.1 Å². The molecule has 0 spiro atoms. The number of halogens is 1. The maximum Gasteiger partial charge on any atom is 0.0642 e. The highest BCUT2D eigenvalue weighted by Crippen LogP contribution is 2.28. The molecule has 1 aromatic carbocycles. The molecule has 2 nitrogen and oxygen atoms in total. The second kappa shape index (κ2) is 7.76. The molecule has 0 heterocycles. The van der Waals surface area contributed by atoms with Crippen LogP contribution in [0.4, 0.5) is 5.69 Å². The van der Waals surface area contributed by atoms with Gasteiger partial charge in [-0.3, -0.25) is 0 Å². The molecular weight excluding hydrogens is 258 g/mol. The van der Waals surface area contributed by atoms with Crippen molar-refractivity contribution in [2.75, 3.05) is 18.5 Å². The van der Waals surface area contributed by atoms with E-state index in [1.807, 2.05) is 24.3 Å². The van der Waals surface area contributed by atoms with Gasteiger partial charge in [-0.1, -0.05) is 37.8 Å². The van der Waals surface area contributed by atoms with Gasteiger partial charge in [-0.15, -0.1) is 0 Å². The highest BCUT2D eigenvalue weighted by molar-refractivity contribution is 6.30. The Morgan fingerprint density at radius 1 is 1.21 bits per heavy atom. The molecule has 0 aromatic heterocycles. The Hall–Kier alpha value is -0.730. The molecule has 3 heteroatoms. The molecule has 2 rings (SSSR count). The quantitative estimate of drug-likeness (QED) is 0.761. The van der Waals surface area contributed by atoms with Crippen LogP contribution in [-0.2, 0) is 4.74 Å². The summed E-state index contributed by atoms with van der Waals surface area (Å²) in [7, 11) is 0. The van der Waals surface area contributed by atoms with Crippen LogP contribution in [0, 0.1) is 5.92 Å². The van der Waals surface area contributed by atoms with Gasteiger partial charge in [0.2, 0.25) is 0 Å². The van der Waals surface area contributed by atoms with E-state index < -0.39 is 0 Å². The van der Waals surface area contributed by atoms with Gasteiger partial charge in [-0.05, 0) is 43.0 Å². The Labute approximate surface area is 121 Å². The molecule has 0 saturated heterocycles. The van der Waals surface area contributed by atoms with Crippen molar-refractivity contribution in [3.05, 3.63) is 29.3 Å². The summed E-state index contributed by atoms with van der Waals surface area (Å²) in [6.45, 7) is 3.91. The van der Waals surface area contributed by atoms with E-state index in [1.165, 1.54) is 32.1 Å². The van der Waals surface area contributed by atoms with Crippen molar-refractivity contribution >= 4 is 17.3 Å². The van der Waals surface area contributed by atoms with Crippen LogP contribution in [0.5, 0.6) is 0 Å². The van der Waals surface area contributed by atoms with Crippen LogP contribution in [0.15, 0.2) is 24.3 Å². The fraction of sp³-hybridized carbons (Fsp3) is 0.625. The van der Waals surface area contributed by atoms with Gasteiger partial charge >= 0.3 is 0 Å². The molecule has 2 unspecified atom stereocenters. The summed E-state index contributed by atoms with van der Waals surface area (Å²) >= 11 is 5.85. The summed E-state index contributed by atoms with van der Waals surface area (Å²) < 4.78 is 6.04. The molecule has 1 fully saturated rings. The molecule has 1 N–H and O–H groups in total. The van der Waals surface area contributed by atoms with Crippen molar-refractivity contribution in [2.24, 2.45) is 5.92 Å². The normalized spacial score (nSPS) is 23.3. The molecule has 1 saturated carbocycles. The maximum atomic E-state index is 6.04. The third-order valence-corrected chi connectivity index (χ3v) is 4.22. The zero-order valence-electron chi connectivity index (χ0n) is 11.7. The minimum Gasteiger partial charge on any atom is -0.383 e. The predicted molar refractivity (Wildman–Crippen MR) is 81.9 cm³/mol. The minimum absolute atomic E-state index is 0.478. The van der Waals surface area contributed by atoms with Crippen LogP contribution < -0.4 is 5.32 Å². The minimum atomic E-state index is 0.478. The summed E-state index contributed by atoms with van der Waals surface area (Å²) in [5.74, 6) is 0.768. The lowest BCUT2D eigenvalue weighted by molar-refractivity contribution is -0.00688. The van der Waals surface area contributed by atoms with Crippen LogP contribution in [0.2, 0.25) is 5.02 Å². The summed E-state index contributed by atoms with van der Waals surface area (Å²) in [6.07, 6.45) is 7.00. The Morgan fingerprint density at radius 3 is 2.68 bits per heavy atom. The van der Waals surface area contributed by atoms with Crippen LogP contribution in [0.1, 0.15) is 39.0 Å². The van der Waals surface area contributed by atoms with Gasteiger partial charge in [-0.2, -0.15) is 0 Å². The molecule has 1 aliphatic carbocycles. The lowest BCUT2D eigenvalue weighted by atomic mass is 9.85. The van der Waals surface area contributed by atoms with Crippen molar-refractivity contribution in [1.82, 2.24) is 0 Å². The van der Waals surface area contributed by atoms with Crippen LogP contribution >= 0.6 is 11.6 Å². The molecular formula is C16H24ClNO. The van der Waals surface area contributed by atoms with Gasteiger partial charge in [0.1, 0.15) is 0 Å². The SMILES string of the molecule is CCC1CCCCC1OCCNc1ccc(Cl)cc1. The molecule has 19 heavy (non-hydrogen) atoms. The van der Waals surface area contributed by atoms with E-state index in [-0.39, 0.29) is 0 Å². The first-order valence-electron chi connectivity index (χ1n) is 7.40. The predicted octanol–water partition coefficient (Wildman–Crippen LogP) is 4.74. The monoisotopic (exact) mass is 281 g/mol. The summed E-state index contributed by atoms with van der Waals surface area (Å²) in [5, 5.41) is 4.13. The lowest BCUT2D eigenvalue weighted by Crippen LogP contribution is -2.29. The number of nitrogens with one attached hydrogen (secondary N) is 1. The van der Waals surface area contributed by atoms with E-state index in [9.17, 15) is 0 Å². The molecule has 1 aromatic rings. The van der Waals surface area contributed by atoms with E-state index in [0.717, 1.165) is 29.8 Å². The zero-order valence-corrected chi connectivity index (χ0v) is 12.5. The van der Waals surface area contributed by atoms with Crippen molar-refractivity contribution < 1.29 is 4.74 Å². The Kier molecular flexibility index (Phi) is 5.99. The molecule has 0 amide bonds. The zero-order chi connectivity index (χ0) is 13.5. The largest absolute Gasteiger partial charge is 0.383 e. The Balaban J connectivity index is 1.67. The van der Waals surface area contributed by atoms with Crippen LogP contribution in [0.3, 0.4) is 0 Å². The average Bonchev–Trinajstić information content (AvgIpc) is 2.46. The molecule has 1 aliphatic rings. The standard InChI is InChI=1S/C16H24ClNO/c1-2-13-5-3-4-6-16(13)19-12-11-18-15-9-7-14(17)8-10-15/h7-10,13,16,18H,2-6,11-12H2,1H3. The van der Waals surface area contributed by atoms with Crippen LogP contribution in [-0.4, -0.2) is 19.3 Å². The van der Waals surface area contributed by atoms with Crippen molar-refractivity contribution in [3.8, 4) is 0 Å². The number of ether oxygens (including phenoxy) is 1. The summed E-state index contributed by atoms with van der Waals surface area (Å²) in [5.41, 5.74) is 1.10. The van der Waals surface area contributed by atoms with Crippen molar-refractivity contribution in [1.29, 1.82) is 0 Å².